The summed E-state index contributed by atoms with van der Waals surface area (Å²) >= 11 is 3.41. The van der Waals surface area contributed by atoms with Crippen molar-refractivity contribution >= 4 is 21.9 Å². The summed E-state index contributed by atoms with van der Waals surface area (Å²) in [4.78, 5) is 9.70. The van der Waals surface area contributed by atoms with E-state index in [0.717, 1.165) is 42.8 Å². The predicted octanol–water partition coefficient (Wildman–Crippen LogP) is 3.94. The molecule has 0 bridgehead atoms. The second kappa shape index (κ2) is 7.06. The Bertz CT molecular complexity index is 690. The van der Waals surface area contributed by atoms with Crippen molar-refractivity contribution in [2.45, 2.75) is 25.2 Å². The number of rotatable bonds is 4. The Morgan fingerprint density at radius 1 is 1.21 bits per heavy atom. The lowest BCUT2D eigenvalue weighted by molar-refractivity contribution is -0.141. The summed E-state index contributed by atoms with van der Waals surface area (Å²) in [6, 6.07) is 9.03. The molecule has 0 saturated carbocycles. The molecule has 1 aromatic carbocycles. The van der Waals surface area contributed by atoms with Crippen LogP contribution in [0.15, 0.2) is 41.0 Å². The van der Waals surface area contributed by atoms with Crippen LogP contribution in [-0.4, -0.2) is 34.0 Å². The number of anilines is 1. The predicted molar refractivity (Wildman–Crippen MR) is 88.5 cm³/mol. The third-order valence-electron chi connectivity index (χ3n) is 3.87. The summed E-state index contributed by atoms with van der Waals surface area (Å²) in [6.07, 6.45) is -2.48. The molecule has 1 atom stereocenters. The third kappa shape index (κ3) is 4.45. The van der Waals surface area contributed by atoms with E-state index >= 15 is 0 Å². The molecule has 0 aliphatic carbocycles. The Labute approximate surface area is 146 Å². The minimum atomic E-state index is -4.46. The minimum Gasteiger partial charge on any atom is -0.350 e. The van der Waals surface area contributed by atoms with Crippen molar-refractivity contribution in [1.82, 2.24) is 14.9 Å². The fraction of sp³-hybridized carbons (Fsp3) is 0.375. The normalized spacial score (nSPS) is 18.8. The van der Waals surface area contributed by atoms with Crippen molar-refractivity contribution in [2.75, 3.05) is 18.4 Å². The van der Waals surface area contributed by atoms with Crippen LogP contribution < -0.4 is 5.32 Å². The Hall–Kier alpha value is -1.67. The van der Waals surface area contributed by atoms with Gasteiger partial charge in [0.1, 0.15) is 5.69 Å². The molecular weight excluding hydrogens is 385 g/mol. The molecule has 1 aliphatic rings. The van der Waals surface area contributed by atoms with Crippen LogP contribution in [0.2, 0.25) is 0 Å². The molecule has 2 heterocycles. The summed E-state index contributed by atoms with van der Waals surface area (Å²) in [5.41, 5.74) is 0.277. The zero-order valence-corrected chi connectivity index (χ0v) is 14.3. The molecular formula is C16H16BrF3N4. The van der Waals surface area contributed by atoms with Gasteiger partial charge in [-0.15, -0.1) is 0 Å². The maximum atomic E-state index is 12.7. The maximum absolute atomic E-state index is 12.7. The van der Waals surface area contributed by atoms with Crippen LogP contribution in [0.5, 0.6) is 0 Å². The van der Waals surface area contributed by atoms with E-state index in [9.17, 15) is 13.2 Å². The van der Waals surface area contributed by atoms with E-state index in [1.807, 2.05) is 12.1 Å². The number of alkyl halides is 3. The first-order chi connectivity index (χ1) is 11.4. The van der Waals surface area contributed by atoms with Crippen molar-refractivity contribution in [3.63, 3.8) is 0 Å². The Morgan fingerprint density at radius 2 is 1.96 bits per heavy atom. The van der Waals surface area contributed by atoms with Gasteiger partial charge < -0.3 is 5.32 Å². The van der Waals surface area contributed by atoms with E-state index < -0.39 is 11.9 Å². The van der Waals surface area contributed by atoms with Crippen molar-refractivity contribution in [2.24, 2.45) is 0 Å². The molecule has 1 N–H and O–H groups in total. The second-order valence-electron chi connectivity index (χ2n) is 5.75. The molecule has 1 saturated heterocycles. The summed E-state index contributed by atoms with van der Waals surface area (Å²) in [5.74, 6) is 0.0281. The summed E-state index contributed by atoms with van der Waals surface area (Å²) in [6.45, 7) is 2.44. The maximum Gasteiger partial charge on any atom is 0.433 e. The number of nitrogens with zero attached hydrogens (tertiary/aromatic N) is 3. The van der Waals surface area contributed by atoms with E-state index in [2.05, 4.69) is 48.2 Å². The highest BCUT2D eigenvalue weighted by Gasteiger charge is 2.33. The molecule has 1 aliphatic heterocycles. The smallest absolute Gasteiger partial charge is 0.350 e. The van der Waals surface area contributed by atoms with Gasteiger partial charge in [-0.05, 0) is 30.2 Å². The highest BCUT2D eigenvalue weighted by atomic mass is 79.9. The van der Waals surface area contributed by atoms with Crippen LogP contribution >= 0.6 is 15.9 Å². The van der Waals surface area contributed by atoms with E-state index in [1.165, 1.54) is 5.56 Å². The zero-order chi connectivity index (χ0) is 17.2. The first-order valence-electron chi connectivity index (χ1n) is 7.54. The first kappa shape index (κ1) is 17.2. The molecule has 1 fully saturated rings. The highest BCUT2D eigenvalue weighted by molar-refractivity contribution is 9.10. The van der Waals surface area contributed by atoms with Gasteiger partial charge in [-0.1, -0.05) is 28.1 Å². The summed E-state index contributed by atoms with van der Waals surface area (Å²) in [7, 11) is 0. The number of hydrogen-bond donors (Lipinski definition) is 1. The lowest BCUT2D eigenvalue weighted by Crippen LogP contribution is -2.27. The Morgan fingerprint density at radius 3 is 2.67 bits per heavy atom. The number of halogens is 4. The van der Waals surface area contributed by atoms with E-state index in [4.69, 9.17) is 0 Å². The molecule has 0 radical (unpaired) electrons. The van der Waals surface area contributed by atoms with Crippen LogP contribution in [0.3, 0.4) is 0 Å². The molecule has 2 aromatic rings. The quantitative estimate of drug-likeness (QED) is 0.843. The van der Waals surface area contributed by atoms with Crippen molar-refractivity contribution in [1.29, 1.82) is 0 Å². The molecule has 24 heavy (non-hydrogen) atoms. The fourth-order valence-electron chi connectivity index (χ4n) is 2.71. The van der Waals surface area contributed by atoms with Gasteiger partial charge in [0.25, 0.3) is 0 Å². The van der Waals surface area contributed by atoms with E-state index in [-0.39, 0.29) is 12.0 Å². The lowest BCUT2D eigenvalue weighted by atomic mass is 10.2. The molecule has 3 rings (SSSR count). The van der Waals surface area contributed by atoms with Crippen LogP contribution in [-0.2, 0) is 12.7 Å². The highest BCUT2D eigenvalue weighted by Crippen LogP contribution is 2.28. The molecule has 1 unspecified atom stereocenters. The summed E-state index contributed by atoms with van der Waals surface area (Å²) < 4.78 is 39.1. The molecule has 0 spiro atoms. The number of aromatic nitrogens is 2. The van der Waals surface area contributed by atoms with Crippen molar-refractivity contribution in [3.05, 3.63) is 52.3 Å². The van der Waals surface area contributed by atoms with Gasteiger partial charge >= 0.3 is 6.18 Å². The summed E-state index contributed by atoms with van der Waals surface area (Å²) in [5, 5.41) is 3.01. The third-order valence-corrected chi connectivity index (χ3v) is 4.40. The van der Waals surface area contributed by atoms with Crippen LogP contribution in [0.4, 0.5) is 19.1 Å². The van der Waals surface area contributed by atoms with E-state index in [0.29, 0.717) is 0 Å². The monoisotopic (exact) mass is 400 g/mol. The second-order valence-corrected chi connectivity index (χ2v) is 6.67. The van der Waals surface area contributed by atoms with Crippen LogP contribution in [0.1, 0.15) is 17.7 Å². The largest absolute Gasteiger partial charge is 0.433 e. The zero-order valence-electron chi connectivity index (χ0n) is 12.7. The molecule has 1 aromatic heterocycles. The average Bonchev–Trinajstić information content (AvgIpc) is 2.96. The van der Waals surface area contributed by atoms with Gasteiger partial charge in [0.2, 0.25) is 5.95 Å². The number of nitrogens with one attached hydrogen (secondary N) is 1. The Balaban J connectivity index is 1.57. The number of benzene rings is 1. The van der Waals surface area contributed by atoms with Gasteiger partial charge in [-0.2, -0.15) is 13.2 Å². The fourth-order valence-corrected chi connectivity index (χ4v) is 2.98. The molecule has 4 nitrogen and oxygen atoms in total. The van der Waals surface area contributed by atoms with Gasteiger partial charge in [-0.25, -0.2) is 9.97 Å². The molecule has 128 valence electrons. The Kier molecular flexibility index (Phi) is 5.05. The van der Waals surface area contributed by atoms with Crippen molar-refractivity contribution in [3.8, 4) is 0 Å². The number of likely N-dealkylation sites (tertiary alicyclic amines) is 1. The topological polar surface area (TPSA) is 41.1 Å². The van der Waals surface area contributed by atoms with Gasteiger partial charge in [0.15, 0.2) is 0 Å². The van der Waals surface area contributed by atoms with E-state index in [1.54, 1.807) is 0 Å². The average molecular weight is 401 g/mol. The van der Waals surface area contributed by atoms with Crippen molar-refractivity contribution < 1.29 is 13.2 Å². The van der Waals surface area contributed by atoms with Gasteiger partial charge in [0, 0.05) is 36.3 Å². The van der Waals surface area contributed by atoms with Crippen LogP contribution in [0, 0.1) is 0 Å². The minimum absolute atomic E-state index is 0.0281. The first-order valence-corrected chi connectivity index (χ1v) is 8.33. The van der Waals surface area contributed by atoms with Gasteiger partial charge in [0.05, 0.1) is 0 Å². The molecule has 8 heteroatoms. The van der Waals surface area contributed by atoms with Crippen LogP contribution in [0.25, 0.3) is 0 Å². The standard InChI is InChI=1S/C16H16BrF3N4/c17-12-3-1-11(2-4-12)9-24-8-6-13(10-24)22-15-21-7-5-14(23-15)16(18,19)20/h1-5,7,13H,6,8-10H2,(H,21,22,23). The SMILES string of the molecule is FC(F)(F)c1ccnc(NC2CCN(Cc3ccc(Br)cc3)C2)n1. The lowest BCUT2D eigenvalue weighted by Gasteiger charge is -2.17. The number of hydrogen-bond acceptors (Lipinski definition) is 4. The molecule has 0 amide bonds. The van der Waals surface area contributed by atoms with Gasteiger partial charge in [-0.3, -0.25) is 4.90 Å².